The molecule has 1 heterocycles. The van der Waals surface area contributed by atoms with Gasteiger partial charge in [0.15, 0.2) is 0 Å². The number of likely N-dealkylation sites (N-methyl/N-ethyl adjacent to an activating group) is 1. The molecule has 0 saturated carbocycles. The number of ether oxygens (including phenoxy) is 1. The van der Waals surface area contributed by atoms with E-state index in [4.69, 9.17) is 9.15 Å². The van der Waals surface area contributed by atoms with E-state index in [1.165, 1.54) is 30.4 Å². The summed E-state index contributed by atoms with van der Waals surface area (Å²) in [5.41, 5.74) is 2.99. The third-order valence-electron chi connectivity index (χ3n) is 5.50. The number of aryl methyl sites for hydroxylation is 1. The number of fused-ring (bicyclic) bond motifs is 1. The molecule has 1 aromatic heterocycles. The van der Waals surface area contributed by atoms with Crippen LogP contribution in [0.1, 0.15) is 49.5 Å². The second-order valence-electron chi connectivity index (χ2n) is 6.76. The minimum absolute atomic E-state index is 0.539. The standard InChI is InChI=1S/C21H29NO2/c1-4-22(13-12-18-8-6-14-24-18)16(2)20-9-5-7-17-15-19(23-3)10-11-21(17)20/h6,8,10-11,14-16,20H,4-5,7,9,12-13H2,1-3H3. The summed E-state index contributed by atoms with van der Waals surface area (Å²) >= 11 is 0. The summed E-state index contributed by atoms with van der Waals surface area (Å²) in [6, 6.07) is 11.2. The van der Waals surface area contributed by atoms with Gasteiger partial charge in [-0.25, -0.2) is 0 Å². The first kappa shape index (κ1) is 17.1. The van der Waals surface area contributed by atoms with Gasteiger partial charge in [0, 0.05) is 19.0 Å². The highest BCUT2D eigenvalue weighted by molar-refractivity contribution is 5.40. The number of methoxy groups -OCH3 is 1. The minimum atomic E-state index is 0.539. The minimum Gasteiger partial charge on any atom is -0.497 e. The average molecular weight is 327 g/mol. The number of rotatable bonds is 7. The summed E-state index contributed by atoms with van der Waals surface area (Å²) in [5, 5.41) is 0. The third-order valence-corrected chi connectivity index (χ3v) is 5.50. The summed E-state index contributed by atoms with van der Waals surface area (Å²) in [4.78, 5) is 2.59. The highest BCUT2D eigenvalue weighted by atomic mass is 16.5. The number of benzene rings is 1. The van der Waals surface area contributed by atoms with Crippen LogP contribution in [0.5, 0.6) is 5.75 Å². The molecule has 0 fully saturated rings. The Balaban J connectivity index is 1.72. The van der Waals surface area contributed by atoms with Crippen molar-refractivity contribution in [3.63, 3.8) is 0 Å². The largest absolute Gasteiger partial charge is 0.497 e. The number of furan rings is 1. The van der Waals surface area contributed by atoms with Crippen molar-refractivity contribution in [2.75, 3.05) is 20.2 Å². The van der Waals surface area contributed by atoms with Crippen LogP contribution in [0.25, 0.3) is 0 Å². The van der Waals surface area contributed by atoms with Gasteiger partial charge in [0.1, 0.15) is 11.5 Å². The van der Waals surface area contributed by atoms with Crippen molar-refractivity contribution in [1.29, 1.82) is 0 Å². The molecule has 0 saturated heterocycles. The van der Waals surface area contributed by atoms with Crippen LogP contribution in [0.3, 0.4) is 0 Å². The van der Waals surface area contributed by atoms with Gasteiger partial charge >= 0.3 is 0 Å². The molecule has 1 aliphatic rings. The molecule has 3 nitrogen and oxygen atoms in total. The van der Waals surface area contributed by atoms with Gasteiger partial charge in [0.05, 0.1) is 13.4 Å². The van der Waals surface area contributed by atoms with E-state index in [0.29, 0.717) is 12.0 Å². The molecule has 1 aliphatic carbocycles. The molecule has 2 aromatic rings. The summed E-state index contributed by atoms with van der Waals surface area (Å²) < 4.78 is 10.9. The Morgan fingerprint density at radius 1 is 1.33 bits per heavy atom. The molecule has 3 heteroatoms. The zero-order valence-electron chi connectivity index (χ0n) is 15.1. The summed E-state index contributed by atoms with van der Waals surface area (Å²) in [7, 11) is 1.75. The molecule has 0 bridgehead atoms. The fraction of sp³-hybridized carbons (Fsp3) is 0.524. The van der Waals surface area contributed by atoms with Crippen molar-refractivity contribution in [1.82, 2.24) is 4.90 Å². The zero-order chi connectivity index (χ0) is 16.9. The van der Waals surface area contributed by atoms with E-state index < -0.39 is 0 Å². The van der Waals surface area contributed by atoms with E-state index in [1.54, 1.807) is 13.4 Å². The first-order valence-corrected chi connectivity index (χ1v) is 9.16. The van der Waals surface area contributed by atoms with E-state index >= 15 is 0 Å². The number of hydrogen-bond acceptors (Lipinski definition) is 3. The van der Waals surface area contributed by atoms with Crippen molar-refractivity contribution in [2.45, 2.75) is 51.5 Å². The molecule has 0 radical (unpaired) electrons. The lowest BCUT2D eigenvalue weighted by atomic mass is 9.78. The molecule has 130 valence electrons. The van der Waals surface area contributed by atoms with Crippen LogP contribution >= 0.6 is 0 Å². The molecule has 0 N–H and O–H groups in total. The number of nitrogens with zero attached hydrogens (tertiary/aromatic N) is 1. The van der Waals surface area contributed by atoms with Crippen molar-refractivity contribution in [3.05, 3.63) is 53.5 Å². The molecule has 1 aromatic carbocycles. The molecule has 2 unspecified atom stereocenters. The van der Waals surface area contributed by atoms with Crippen LogP contribution in [0, 0.1) is 0 Å². The Labute approximate surface area is 145 Å². The van der Waals surface area contributed by atoms with E-state index in [1.807, 2.05) is 6.07 Å². The fourth-order valence-corrected chi connectivity index (χ4v) is 4.07. The highest BCUT2D eigenvalue weighted by Gasteiger charge is 2.28. The van der Waals surface area contributed by atoms with E-state index in [9.17, 15) is 0 Å². The molecule has 3 rings (SSSR count). The summed E-state index contributed by atoms with van der Waals surface area (Å²) in [5.74, 6) is 2.66. The normalized spacial score (nSPS) is 18.4. The molecule has 2 atom stereocenters. The maximum Gasteiger partial charge on any atom is 0.119 e. The van der Waals surface area contributed by atoms with Crippen LogP contribution in [0.15, 0.2) is 41.0 Å². The molecule has 24 heavy (non-hydrogen) atoms. The molecule has 0 spiro atoms. The molecular formula is C21H29NO2. The van der Waals surface area contributed by atoms with Crippen molar-refractivity contribution in [2.24, 2.45) is 0 Å². The Bertz CT molecular complexity index is 635. The van der Waals surface area contributed by atoms with Gasteiger partial charge in [-0.15, -0.1) is 0 Å². The van der Waals surface area contributed by atoms with Crippen LogP contribution in [0.2, 0.25) is 0 Å². The van der Waals surface area contributed by atoms with Crippen molar-refractivity contribution < 1.29 is 9.15 Å². The van der Waals surface area contributed by atoms with E-state index in [2.05, 4.69) is 43.0 Å². The Morgan fingerprint density at radius 3 is 2.92 bits per heavy atom. The number of hydrogen-bond donors (Lipinski definition) is 0. The van der Waals surface area contributed by atoms with Gasteiger partial charge in [0.25, 0.3) is 0 Å². The first-order chi connectivity index (χ1) is 11.7. The fourth-order valence-electron chi connectivity index (χ4n) is 4.07. The smallest absolute Gasteiger partial charge is 0.119 e. The lowest BCUT2D eigenvalue weighted by molar-refractivity contribution is 0.182. The second-order valence-corrected chi connectivity index (χ2v) is 6.76. The predicted molar refractivity (Wildman–Crippen MR) is 97.8 cm³/mol. The second kappa shape index (κ2) is 7.89. The Morgan fingerprint density at radius 2 is 2.21 bits per heavy atom. The Hall–Kier alpha value is -1.74. The lowest BCUT2D eigenvalue weighted by Gasteiger charge is -2.37. The van der Waals surface area contributed by atoms with E-state index in [-0.39, 0.29) is 0 Å². The molecular weight excluding hydrogens is 298 g/mol. The monoisotopic (exact) mass is 327 g/mol. The van der Waals surface area contributed by atoms with Gasteiger partial charge in [-0.3, -0.25) is 4.90 Å². The maximum absolute atomic E-state index is 5.49. The SMILES string of the molecule is CCN(CCc1ccco1)C(C)C1CCCc2cc(OC)ccc21. The highest BCUT2D eigenvalue weighted by Crippen LogP contribution is 2.37. The van der Waals surface area contributed by atoms with Crippen LogP contribution in [-0.4, -0.2) is 31.1 Å². The summed E-state index contributed by atoms with van der Waals surface area (Å²) in [6.07, 6.45) is 6.46. The summed E-state index contributed by atoms with van der Waals surface area (Å²) in [6.45, 7) is 6.77. The quantitative estimate of drug-likeness (QED) is 0.739. The molecule has 0 aliphatic heterocycles. The first-order valence-electron chi connectivity index (χ1n) is 9.16. The Kier molecular flexibility index (Phi) is 5.62. The van der Waals surface area contributed by atoms with Crippen LogP contribution < -0.4 is 4.74 Å². The maximum atomic E-state index is 5.49. The third kappa shape index (κ3) is 3.67. The van der Waals surface area contributed by atoms with Crippen molar-refractivity contribution >= 4 is 0 Å². The van der Waals surface area contributed by atoms with Gasteiger partial charge in [-0.2, -0.15) is 0 Å². The predicted octanol–water partition coefficient (Wildman–Crippen LogP) is 4.66. The van der Waals surface area contributed by atoms with Gasteiger partial charge in [0.2, 0.25) is 0 Å². The van der Waals surface area contributed by atoms with Crippen LogP contribution in [-0.2, 0) is 12.8 Å². The topological polar surface area (TPSA) is 25.6 Å². The van der Waals surface area contributed by atoms with E-state index in [0.717, 1.165) is 31.0 Å². The van der Waals surface area contributed by atoms with Gasteiger partial charge in [-0.05, 0) is 74.0 Å². The van der Waals surface area contributed by atoms with Gasteiger partial charge in [-0.1, -0.05) is 13.0 Å². The lowest BCUT2D eigenvalue weighted by Crippen LogP contribution is -2.39. The van der Waals surface area contributed by atoms with Crippen LogP contribution in [0.4, 0.5) is 0 Å². The van der Waals surface area contributed by atoms with Gasteiger partial charge < -0.3 is 9.15 Å². The zero-order valence-corrected chi connectivity index (χ0v) is 15.1. The molecule has 0 amide bonds. The average Bonchev–Trinajstić information content (AvgIpc) is 3.14. The van der Waals surface area contributed by atoms with Crippen molar-refractivity contribution in [3.8, 4) is 5.75 Å².